The van der Waals surface area contributed by atoms with Crippen molar-refractivity contribution < 1.29 is 28.9 Å². The molecule has 2 atom stereocenters. The Morgan fingerprint density at radius 3 is 2.22 bits per heavy atom. The molecule has 23 heavy (non-hydrogen) atoms. The molecule has 7 nitrogen and oxygen atoms in total. The van der Waals surface area contributed by atoms with Gasteiger partial charge in [0, 0.05) is 12.1 Å². The maximum Gasteiger partial charge on any atom is 0.307 e. The van der Waals surface area contributed by atoms with Gasteiger partial charge in [-0.3, -0.25) is 9.59 Å². The highest BCUT2D eigenvalue weighted by molar-refractivity contribution is 5.86. The maximum absolute atomic E-state index is 12.1. The van der Waals surface area contributed by atoms with E-state index in [-0.39, 0.29) is 12.5 Å². The summed E-state index contributed by atoms with van der Waals surface area (Å²) in [6, 6.07) is 3.50. The van der Waals surface area contributed by atoms with Crippen molar-refractivity contribution >= 4 is 11.9 Å². The van der Waals surface area contributed by atoms with Gasteiger partial charge >= 0.3 is 5.97 Å². The van der Waals surface area contributed by atoms with Gasteiger partial charge in [-0.1, -0.05) is 0 Å². The van der Waals surface area contributed by atoms with Crippen LogP contribution < -0.4 is 19.5 Å². The summed E-state index contributed by atoms with van der Waals surface area (Å²) in [7, 11) is 4.55. The Balaban J connectivity index is 2.08. The first-order valence-electron chi connectivity index (χ1n) is 7.31. The van der Waals surface area contributed by atoms with Crippen LogP contribution in [0.3, 0.4) is 0 Å². The molecule has 7 heteroatoms. The summed E-state index contributed by atoms with van der Waals surface area (Å²) in [5, 5.41) is 11.8. The second kappa shape index (κ2) is 7.21. The van der Waals surface area contributed by atoms with Crippen molar-refractivity contribution in [2.45, 2.75) is 19.4 Å². The normalized spacial score (nSPS) is 19.4. The SMILES string of the molecule is COc1ccc(CNC(=O)C2CCC2C(=O)O)c(OC)c1OC. The summed E-state index contributed by atoms with van der Waals surface area (Å²) in [6.45, 7) is 0.227. The number of benzene rings is 1. The summed E-state index contributed by atoms with van der Waals surface area (Å²) >= 11 is 0. The van der Waals surface area contributed by atoms with Crippen LogP contribution >= 0.6 is 0 Å². The third-order valence-electron chi connectivity index (χ3n) is 4.17. The highest BCUT2D eigenvalue weighted by Gasteiger charge is 2.41. The first kappa shape index (κ1) is 16.9. The van der Waals surface area contributed by atoms with Gasteiger partial charge in [0.15, 0.2) is 11.5 Å². The molecule has 1 saturated carbocycles. The molecular formula is C16H21NO6. The number of nitrogens with one attached hydrogen (secondary N) is 1. The molecule has 1 aliphatic rings. The number of carbonyl (C=O) groups excluding carboxylic acids is 1. The van der Waals surface area contributed by atoms with E-state index in [1.54, 1.807) is 12.1 Å². The molecule has 2 unspecified atom stereocenters. The minimum absolute atomic E-state index is 0.227. The van der Waals surface area contributed by atoms with Crippen LogP contribution in [0.15, 0.2) is 12.1 Å². The molecule has 0 aromatic heterocycles. The van der Waals surface area contributed by atoms with Gasteiger partial charge in [0.25, 0.3) is 0 Å². The summed E-state index contributed by atoms with van der Waals surface area (Å²) < 4.78 is 15.9. The van der Waals surface area contributed by atoms with E-state index in [9.17, 15) is 9.59 Å². The van der Waals surface area contributed by atoms with E-state index in [1.165, 1.54) is 21.3 Å². The van der Waals surface area contributed by atoms with Gasteiger partial charge < -0.3 is 24.6 Å². The van der Waals surface area contributed by atoms with Crippen LogP contribution in [0.25, 0.3) is 0 Å². The van der Waals surface area contributed by atoms with Crippen LogP contribution in [-0.4, -0.2) is 38.3 Å². The Bertz CT molecular complexity index is 600. The van der Waals surface area contributed by atoms with Gasteiger partial charge in [-0.2, -0.15) is 0 Å². The topological polar surface area (TPSA) is 94.1 Å². The molecule has 1 fully saturated rings. The fraction of sp³-hybridized carbons (Fsp3) is 0.500. The van der Waals surface area contributed by atoms with E-state index in [1.807, 2.05) is 0 Å². The van der Waals surface area contributed by atoms with E-state index in [4.69, 9.17) is 19.3 Å². The standard InChI is InChI=1S/C16H21NO6/c1-21-12-7-4-9(13(22-2)14(12)23-3)8-17-15(18)10-5-6-11(10)16(19)20/h4,7,10-11H,5-6,8H2,1-3H3,(H,17,18)(H,19,20). The fourth-order valence-electron chi connectivity index (χ4n) is 2.73. The third-order valence-corrected chi connectivity index (χ3v) is 4.17. The van der Waals surface area contributed by atoms with Crippen molar-refractivity contribution in [3.8, 4) is 17.2 Å². The molecule has 0 radical (unpaired) electrons. The lowest BCUT2D eigenvalue weighted by atomic mass is 9.73. The average Bonchev–Trinajstić information content (AvgIpc) is 2.49. The molecule has 0 bridgehead atoms. The predicted octanol–water partition coefficient (Wildman–Crippen LogP) is 1.44. The summed E-state index contributed by atoms with van der Waals surface area (Å²) in [5.74, 6) is -0.741. The minimum atomic E-state index is -0.917. The maximum atomic E-state index is 12.1. The Morgan fingerprint density at radius 2 is 1.74 bits per heavy atom. The number of aliphatic carboxylic acids is 1. The second-order valence-corrected chi connectivity index (χ2v) is 5.34. The van der Waals surface area contributed by atoms with Crippen LogP contribution in [-0.2, 0) is 16.1 Å². The molecule has 0 saturated heterocycles. The predicted molar refractivity (Wildman–Crippen MR) is 81.8 cm³/mol. The van der Waals surface area contributed by atoms with Crippen molar-refractivity contribution in [3.63, 3.8) is 0 Å². The summed E-state index contributed by atoms with van der Waals surface area (Å²) in [6.07, 6.45) is 1.15. The highest BCUT2D eigenvalue weighted by atomic mass is 16.5. The number of carboxylic acid groups (broad SMARTS) is 1. The lowest BCUT2D eigenvalue weighted by molar-refractivity contribution is -0.152. The molecule has 0 aliphatic heterocycles. The number of methoxy groups -OCH3 is 3. The smallest absolute Gasteiger partial charge is 0.307 e. The van der Waals surface area contributed by atoms with E-state index in [2.05, 4.69) is 5.32 Å². The first-order valence-corrected chi connectivity index (χ1v) is 7.31. The number of carbonyl (C=O) groups is 2. The van der Waals surface area contributed by atoms with Gasteiger partial charge in [-0.15, -0.1) is 0 Å². The fourth-order valence-corrected chi connectivity index (χ4v) is 2.73. The van der Waals surface area contributed by atoms with Crippen LogP contribution in [0.5, 0.6) is 17.2 Å². The van der Waals surface area contributed by atoms with Gasteiger partial charge in [0.2, 0.25) is 11.7 Å². The van der Waals surface area contributed by atoms with Crippen LogP contribution in [0.1, 0.15) is 18.4 Å². The van der Waals surface area contributed by atoms with E-state index in [0.29, 0.717) is 30.1 Å². The third kappa shape index (κ3) is 3.33. The van der Waals surface area contributed by atoms with Gasteiger partial charge in [-0.05, 0) is 25.0 Å². The zero-order valence-corrected chi connectivity index (χ0v) is 13.4. The van der Waals surface area contributed by atoms with Gasteiger partial charge in [0.05, 0.1) is 33.2 Å². The summed E-state index contributed by atoms with van der Waals surface area (Å²) in [4.78, 5) is 23.1. The lowest BCUT2D eigenvalue weighted by Gasteiger charge is -2.32. The van der Waals surface area contributed by atoms with Crippen molar-refractivity contribution in [1.82, 2.24) is 5.32 Å². The van der Waals surface area contributed by atoms with Crippen molar-refractivity contribution in [2.75, 3.05) is 21.3 Å². The number of rotatable bonds is 7. The van der Waals surface area contributed by atoms with Crippen LogP contribution in [0.2, 0.25) is 0 Å². The molecule has 2 N–H and O–H groups in total. The van der Waals surface area contributed by atoms with Gasteiger partial charge in [0.1, 0.15) is 0 Å². The zero-order chi connectivity index (χ0) is 17.0. The molecule has 2 rings (SSSR count). The minimum Gasteiger partial charge on any atom is -0.493 e. The Morgan fingerprint density at radius 1 is 1.09 bits per heavy atom. The van der Waals surface area contributed by atoms with E-state index < -0.39 is 17.8 Å². The van der Waals surface area contributed by atoms with E-state index in [0.717, 1.165) is 5.56 Å². The quantitative estimate of drug-likeness (QED) is 0.788. The van der Waals surface area contributed by atoms with Crippen molar-refractivity contribution in [3.05, 3.63) is 17.7 Å². The largest absolute Gasteiger partial charge is 0.493 e. The summed E-state index contributed by atoms with van der Waals surface area (Å²) in [5.41, 5.74) is 0.727. The molecule has 1 aromatic rings. The number of hydrogen-bond donors (Lipinski definition) is 2. The molecule has 1 amide bonds. The van der Waals surface area contributed by atoms with Crippen molar-refractivity contribution in [2.24, 2.45) is 11.8 Å². The molecule has 0 heterocycles. The number of ether oxygens (including phenoxy) is 3. The molecule has 1 aliphatic carbocycles. The lowest BCUT2D eigenvalue weighted by Crippen LogP contribution is -2.43. The monoisotopic (exact) mass is 323 g/mol. The number of hydrogen-bond acceptors (Lipinski definition) is 5. The molecule has 126 valence electrons. The van der Waals surface area contributed by atoms with Crippen LogP contribution in [0, 0.1) is 11.8 Å². The van der Waals surface area contributed by atoms with Crippen molar-refractivity contribution in [1.29, 1.82) is 0 Å². The van der Waals surface area contributed by atoms with E-state index >= 15 is 0 Å². The second-order valence-electron chi connectivity index (χ2n) is 5.34. The Kier molecular flexibility index (Phi) is 5.31. The molecule has 0 spiro atoms. The Labute approximate surface area is 134 Å². The zero-order valence-electron chi connectivity index (χ0n) is 13.4. The average molecular weight is 323 g/mol. The highest BCUT2D eigenvalue weighted by Crippen LogP contribution is 2.40. The molecule has 1 aromatic carbocycles. The Hall–Kier alpha value is -2.44. The number of amides is 1. The van der Waals surface area contributed by atoms with Crippen LogP contribution in [0.4, 0.5) is 0 Å². The molecular weight excluding hydrogens is 302 g/mol. The van der Waals surface area contributed by atoms with Gasteiger partial charge in [-0.25, -0.2) is 0 Å². The first-order chi connectivity index (χ1) is 11.0. The number of carboxylic acids is 1.